The van der Waals surface area contributed by atoms with Crippen molar-refractivity contribution in [1.29, 1.82) is 0 Å². The number of Topliss-reactive ketones (excluding diaryl/α,β-unsaturated/α-hetero) is 1. The van der Waals surface area contributed by atoms with Gasteiger partial charge in [-0.1, -0.05) is 18.9 Å². The topological polar surface area (TPSA) is 26.3 Å². The molecule has 2 nitrogen and oxygen atoms in total. The molecule has 1 aromatic rings. The Balaban J connectivity index is 1.67. The summed E-state index contributed by atoms with van der Waals surface area (Å²) in [7, 11) is 0. The van der Waals surface area contributed by atoms with Crippen LogP contribution in [0.25, 0.3) is 0 Å². The number of rotatable bonds is 3. The van der Waals surface area contributed by atoms with Gasteiger partial charge in [0.2, 0.25) is 0 Å². The van der Waals surface area contributed by atoms with Gasteiger partial charge in [0.05, 0.1) is 5.60 Å². The van der Waals surface area contributed by atoms with Crippen molar-refractivity contribution in [3.63, 3.8) is 0 Å². The largest absolute Gasteiger partial charge is 0.375 e. The van der Waals surface area contributed by atoms with Crippen LogP contribution in [0.1, 0.15) is 44.1 Å². The van der Waals surface area contributed by atoms with E-state index in [1.54, 1.807) is 0 Å². The van der Waals surface area contributed by atoms with Gasteiger partial charge in [0.1, 0.15) is 17.4 Å². The summed E-state index contributed by atoms with van der Waals surface area (Å²) < 4.78 is 32.5. The first-order valence-corrected chi connectivity index (χ1v) is 7.69. The average Bonchev–Trinajstić information content (AvgIpc) is 2.90. The van der Waals surface area contributed by atoms with E-state index < -0.39 is 11.6 Å². The molecule has 1 saturated carbocycles. The molecule has 1 saturated heterocycles. The molecule has 1 atom stereocenters. The lowest BCUT2D eigenvalue weighted by atomic mass is 9.81. The van der Waals surface area contributed by atoms with E-state index in [9.17, 15) is 13.6 Å². The molecule has 1 spiro atoms. The number of hydrogen-bond donors (Lipinski definition) is 0. The van der Waals surface area contributed by atoms with Crippen molar-refractivity contribution < 1.29 is 18.3 Å². The fourth-order valence-corrected chi connectivity index (χ4v) is 3.67. The van der Waals surface area contributed by atoms with Crippen molar-refractivity contribution in [2.75, 3.05) is 6.61 Å². The van der Waals surface area contributed by atoms with Gasteiger partial charge in [0.15, 0.2) is 0 Å². The predicted molar refractivity (Wildman–Crippen MR) is 74.9 cm³/mol. The Hall–Kier alpha value is -1.29. The van der Waals surface area contributed by atoms with Gasteiger partial charge in [-0.15, -0.1) is 0 Å². The molecule has 2 aliphatic rings. The van der Waals surface area contributed by atoms with E-state index in [-0.39, 0.29) is 29.3 Å². The van der Waals surface area contributed by atoms with Gasteiger partial charge in [0, 0.05) is 25.0 Å². The van der Waals surface area contributed by atoms with Crippen molar-refractivity contribution in [2.45, 2.75) is 50.5 Å². The van der Waals surface area contributed by atoms with E-state index in [0.29, 0.717) is 13.0 Å². The highest BCUT2D eigenvalue weighted by molar-refractivity contribution is 5.83. The van der Waals surface area contributed by atoms with Crippen LogP contribution in [0.4, 0.5) is 8.78 Å². The maximum absolute atomic E-state index is 13.7. The molecule has 1 aromatic carbocycles. The second kappa shape index (κ2) is 5.84. The highest BCUT2D eigenvalue weighted by atomic mass is 19.1. The number of halogens is 2. The fraction of sp³-hybridized carbons (Fsp3) is 0.588. The molecule has 3 rings (SSSR count). The summed E-state index contributed by atoms with van der Waals surface area (Å²) in [6.45, 7) is 0.613. The second-order valence-corrected chi connectivity index (χ2v) is 6.31. The minimum atomic E-state index is -0.633. The Kier molecular flexibility index (Phi) is 4.07. The lowest BCUT2D eigenvalue weighted by molar-refractivity contribution is -0.135. The Morgan fingerprint density at radius 1 is 1.29 bits per heavy atom. The molecule has 0 aromatic heterocycles. The Morgan fingerprint density at radius 2 is 2.05 bits per heavy atom. The van der Waals surface area contributed by atoms with Crippen LogP contribution in [0.5, 0.6) is 0 Å². The van der Waals surface area contributed by atoms with Crippen LogP contribution < -0.4 is 0 Å². The Bertz CT molecular complexity index is 536. The van der Waals surface area contributed by atoms with Crippen LogP contribution in [0.15, 0.2) is 18.2 Å². The summed E-state index contributed by atoms with van der Waals surface area (Å²) in [5.41, 5.74) is 0.174. The zero-order chi connectivity index (χ0) is 14.9. The number of benzene rings is 1. The molecule has 1 aliphatic carbocycles. The summed E-state index contributed by atoms with van der Waals surface area (Å²) in [5, 5.41) is 0. The summed E-state index contributed by atoms with van der Waals surface area (Å²) >= 11 is 0. The standard InChI is InChI=1S/C17H20F2O2/c18-14-4-3-12(15(19)10-14)9-16(20)13-5-8-21-17(11-13)6-1-2-7-17/h3-4,10,13H,1-2,5-9,11H2. The maximum atomic E-state index is 13.7. The molecule has 4 heteroatoms. The first kappa shape index (κ1) is 14.6. The zero-order valence-electron chi connectivity index (χ0n) is 12.0. The van der Waals surface area contributed by atoms with Crippen LogP contribution in [0.2, 0.25) is 0 Å². The first-order chi connectivity index (χ1) is 10.1. The summed E-state index contributed by atoms with van der Waals surface area (Å²) in [6, 6.07) is 3.41. The van der Waals surface area contributed by atoms with E-state index in [0.717, 1.165) is 38.2 Å². The van der Waals surface area contributed by atoms with Gasteiger partial charge in [0.25, 0.3) is 0 Å². The molecule has 2 fully saturated rings. The van der Waals surface area contributed by atoms with E-state index in [4.69, 9.17) is 4.74 Å². The quantitative estimate of drug-likeness (QED) is 0.847. The monoisotopic (exact) mass is 294 g/mol. The maximum Gasteiger partial charge on any atom is 0.140 e. The first-order valence-electron chi connectivity index (χ1n) is 7.69. The van der Waals surface area contributed by atoms with Crippen molar-refractivity contribution in [2.24, 2.45) is 5.92 Å². The van der Waals surface area contributed by atoms with E-state index in [2.05, 4.69) is 0 Å². The fourth-order valence-electron chi connectivity index (χ4n) is 3.67. The molecule has 1 aliphatic heterocycles. The van der Waals surface area contributed by atoms with Gasteiger partial charge in [-0.2, -0.15) is 0 Å². The van der Waals surface area contributed by atoms with Crippen molar-refractivity contribution in [3.8, 4) is 0 Å². The van der Waals surface area contributed by atoms with E-state index in [1.807, 2.05) is 0 Å². The highest BCUT2D eigenvalue weighted by Gasteiger charge is 2.41. The summed E-state index contributed by atoms with van der Waals surface area (Å²) in [5.74, 6) is -1.25. The van der Waals surface area contributed by atoms with Crippen LogP contribution in [-0.2, 0) is 16.0 Å². The lowest BCUT2D eigenvalue weighted by Crippen LogP contribution is -2.40. The minimum absolute atomic E-state index is 0.0485. The molecule has 0 N–H and O–H groups in total. The van der Waals surface area contributed by atoms with Gasteiger partial charge < -0.3 is 4.74 Å². The van der Waals surface area contributed by atoms with Gasteiger partial charge in [-0.3, -0.25) is 4.79 Å². The molecular weight excluding hydrogens is 274 g/mol. The zero-order valence-corrected chi connectivity index (χ0v) is 12.0. The van der Waals surface area contributed by atoms with Crippen LogP contribution in [0, 0.1) is 17.6 Å². The van der Waals surface area contributed by atoms with Gasteiger partial charge >= 0.3 is 0 Å². The smallest absolute Gasteiger partial charge is 0.140 e. The van der Waals surface area contributed by atoms with Crippen LogP contribution in [-0.4, -0.2) is 18.0 Å². The van der Waals surface area contributed by atoms with Crippen molar-refractivity contribution >= 4 is 5.78 Å². The van der Waals surface area contributed by atoms with E-state index >= 15 is 0 Å². The number of carbonyl (C=O) groups excluding carboxylic acids is 1. The van der Waals surface area contributed by atoms with Gasteiger partial charge in [-0.25, -0.2) is 8.78 Å². The number of hydrogen-bond acceptors (Lipinski definition) is 2. The number of ketones is 1. The Labute approximate surface area is 123 Å². The predicted octanol–water partition coefficient (Wildman–Crippen LogP) is 3.82. The average molecular weight is 294 g/mol. The van der Waals surface area contributed by atoms with Crippen LogP contribution >= 0.6 is 0 Å². The second-order valence-electron chi connectivity index (χ2n) is 6.31. The number of ether oxygens (including phenoxy) is 1. The molecule has 1 heterocycles. The molecule has 21 heavy (non-hydrogen) atoms. The summed E-state index contributed by atoms with van der Waals surface area (Å²) in [4.78, 5) is 12.4. The molecule has 0 radical (unpaired) electrons. The van der Waals surface area contributed by atoms with Gasteiger partial charge in [-0.05, 0) is 37.3 Å². The molecule has 1 unspecified atom stereocenters. The molecule has 0 bridgehead atoms. The lowest BCUT2D eigenvalue weighted by Gasteiger charge is -2.37. The minimum Gasteiger partial charge on any atom is -0.375 e. The third kappa shape index (κ3) is 3.15. The summed E-state index contributed by atoms with van der Waals surface area (Å²) in [6.07, 6.45) is 5.90. The normalized spacial score (nSPS) is 24.4. The highest BCUT2D eigenvalue weighted by Crippen LogP contribution is 2.42. The number of carbonyl (C=O) groups is 1. The van der Waals surface area contributed by atoms with E-state index in [1.165, 1.54) is 12.1 Å². The molecule has 114 valence electrons. The SMILES string of the molecule is O=C(Cc1ccc(F)cc1F)C1CCOC2(CCCC2)C1. The molecular formula is C17H20F2O2. The molecule has 0 amide bonds. The Morgan fingerprint density at radius 3 is 2.76 bits per heavy atom. The van der Waals surface area contributed by atoms with Crippen molar-refractivity contribution in [1.82, 2.24) is 0 Å². The third-order valence-electron chi connectivity index (χ3n) is 4.84. The van der Waals surface area contributed by atoms with Crippen LogP contribution in [0.3, 0.4) is 0 Å². The van der Waals surface area contributed by atoms with Crippen molar-refractivity contribution in [3.05, 3.63) is 35.4 Å². The third-order valence-corrected chi connectivity index (χ3v) is 4.84.